The van der Waals surface area contributed by atoms with E-state index in [1.54, 1.807) is 0 Å². The molecule has 1 aromatic rings. The third-order valence-electron chi connectivity index (χ3n) is 3.62. The lowest BCUT2D eigenvalue weighted by molar-refractivity contribution is 0.157. The van der Waals surface area contributed by atoms with E-state index in [0.29, 0.717) is 12.6 Å². The van der Waals surface area contributed by atoms with Gasteiger partial charge in [-0.25, -0.2) is 0 Å². The summed E-state index contributed by atoms with van der Waals surface area (Å²) >= 11 is 0. The van der Waals surface area contributed by atoms with E-state index >= 15 is 0 Å². The molecule has 0 bridgehead atoms. The Balaban J connectivity index is 2.14. The number of piperidine rings is 1. The number of benzene rings is 1. The van der Waals surface area contributed by atoms with E-state index in [2.05, 4.69) is 36.1 Å². The molecule has 1 heterocycles. The SMILES string of the molecule is CCN1CCCCC1c1ccc(CN)cc1. The largest absolute Gasteiger partial charge is 0.326 e. The lowest BCUT2D eigenvalue weighted by Gasteiger charge is -2.35. The van der Waals surface area contributed by atoms with Crippen LogP contribution in [0.2, 0.25) is 0 Å². The van der Waals surface area contributed by atoms with Crippen LogP contribution in [0.15, 0.2) is 24.3 Å². The summed E-state index contributed by atoms with van der Waals surface area (Å²) in [6, 6.07) is 9.46. The molecule has 1 aliphatic heterocycles. The zero-order valence-corrected chi connectivity index (χ0v) is 10.2. The van der Waals surface area contributed by atoms with Crippen LogP contribution in [0, 0.1) is 0 Å². The van der Waals surface area contributed by atoms with Crippen LogP contribution in [-0.4, -0.2) is 18.0 Å². The summed E-state index contributed by atoms with van der Waals surface area (Å²) in [4.78, 5) is 2.58. The van der Waals surface area contributed by atoms with Crippen molar-refractivity contribution in [1.82, 2.24) is 4.90 Å². The van der Waals surface area contributed by atoms with E-state index < -0.39 is 0 Å². The Bertz CT molecular complexity index is 318. The minimum Gasteiger partial charge on any atom is -0.326 e. The summed E-state index contributed by atoms with van der Waals surface area (Å²) in [5, 5.41) is 0. The molecule has 16 heavy (non-hydrogen) atoms. The van der Waals surface area contributed by atoms with E-state index in [4.69, 9.17) is 5.73 Å². The third-order valence-corrected chi connectivity index (χ3v) is 3.62. The highest BCUT2D eigenvalue weighted by Gasteiger charge is 2.21. The van der Waals surface area contributed by atoms with Crippen molar-refractivity contribution in [3.63, 3.8) is 0 Å². The van der Waals surface area contributed by atoms with Crippen molar-refractivity contribution in [1.29, 1.82) is 0 Å². The van der Waals surface area contributed by atoms with E-state index in [-0.39, 0.29) is 0 Å². The molecule has 2 heteroatoms. The van der Waals surface area contributed by atoms with Crippen LogP contribution in [0.3, 0.4) is 0 Å². The number of nitrogens with zero attached hydrogens (tertiary/aromatic N) is 1. The lowest BCUT2D eigenvalue weighted by Crippen LogP contribution is -2.33. The summed E-state index contributed by atoms with van der Waals surface area (Å²) in [5.41, 5.74) is 8.30. The molecular weight excluding hydrogens is 196 g/mol. The Kier molecular flexibility index (Phi) is 3.97. The van der Waals surface area contributed by atoms with Crippen LogP contribution in [-0.2, 0) is 6.54 Å². The first-order valence-corrected chi connectivity index (χ1v) is 6.38. The number of hydrogen-bond acceptors (Lipinski definition) is 2. The molecular formula is C14H22N2. The van der Waals surface area contributed by atoms with Crippen LogP contribution >= 0.6 is 0 Å². The molecule has 1 saturated heterocycles. The van der Waals surface area contributed by atoms with Crippen molar-refractivity contribution in [3.8, 4) is 0 Å². The summed E-state index contributed by atoms with van der Waals surface area (Å²) in [5.74, 6) is 0. The fourth-order valence-electron chi connectivity index (χ4n) is 2.62. The van der Waals surface area contributed by atoms with E-state index in [0.717, 1.165) is 6.54 Å². The van der Waals surface area contributed by atoms with Gasteiger partial charge in [0.2, 0.25) is 0 Å². The van der Waals surface area contributed by atoms with Gasteiger partial charge in [-0.2, -0.15) is 0 Å². The van der Waals surface area contributed by atoms with Crippen molar-refractivity contribution in [2.75, 3.05) is 13.1 Å². The Morgan fingerprint density at radius 3 is 2.62 bits per heavy atom. The molecule has 2 rings (SSSR count). The molecule has 1 unspecified atom stereocenters. The van der Waals surface area contributed by atoms with Crippen LogP contribution in [0.25, 0.3) is 0 Å². The number of rotatable bonds is 3. The number of nitrogens with two attached hydrogens (primary N) is 1. The molecule has 88 valence electrons. The van der Waals surface area contributed by atoms with Gasteiger partial charge in [0.05, 0.1) is 0 Å². The first-order valence-electron chi connectivity index (χ1n) is 6.38. The fraction of sp³-hybridized carbons (Fsp3) is 0.571. The van der Waals surface area contributed by atoms with Crippen molar-refractivity contribution in [2.24, 2.45) is 5.73 Å². The molecule has 0 radical (unpaired) electrons. The second kappa shape index (κ2) is 5.46. The summed E-state index contributed by atoms with van der Waals surface area (Å²) in [6.45, 7) is 5.30. The maximum Gasteiger partial charge on any atom is 0.0348 e. The van der Waals surface area contributed by atoms with Gasteiger partial charge in [-0.15, -0.1) is 0 Å². The van der Waals surface area contributed by atoms with Crippen molar-refractivity contribution < 1.29 is 0 Å². The predicted molar refractivity (Wildman–Crippen MR) is 68.2 cm³/mol. The van der Waals surface area contributed by atoms with E-state index in [1.165, 1.54) is 36.9 Å². The average Bonchev–Trinajstić information content (AvgIpc) is 2.39. The first-order chi connectivity index (χ1) is 7.85. The Morgan fingerprint density at radius 1 is 1.25 bits per heavy atom. The molecule has 0 amide bonds. The molecule has 0 aromatic heterocycles. The minimum absolute atomic E-state index is 0.630. The Morgan fingerprint density at radius 2 is 2.00 bits per heavy atom. The second-order valence-electron chi connectivity index (χ2n) is 4.59. The number of hydrogen-bond donors (Lipinski definition) is 1. The zero-order valence-electron chi connectivity index (χ0n) is 10.2. The van der Waals surface area contributed by atoms with Crippen molar-refractivity contribution in [3.05, 3.63) is 35.4 Å². The van der Waals surface area contributed by atoms with Gasteiger partial charge in [-0.05, 0) is 37.1 Å². The normalized spacial score (nSPS) is 22.2. The highest BCUT2D eigenvalue weighted by Crippen LogP contribution is 2.30. The fourth-order valence-corrected chi connectivity index (χ4v) is 2.62. The van der Waals surface area contributed by atoms with Crippen LogP contribution in [0.5, 0.6) is 0 Å². The molecule has 2 N–H and O–H groups in total. The predicted octanol–water partition coefficient (Wildman–Crippen LogP) is 2.69. The molecule has 0 saturated carbocycles. The van der Waals surface area contributed by atoms with Gasteiger partial charge in [-0.1, -0.05) is 37.6 Å². The summed E-state index contributed by atoms with van der Waals surface area (Å²) < 4.78 is 0. The highest BCUT2D eigenvalue weighted by molar-refractivity contribution is 5.25. The van der Waals surface area contributed by atoms with Gasteiger partial charge in [0, 0.05) is 12.6 Å². The van der Waals surface area contributed by atoms with Crippen molar-refractivity contribution >= 4 is 0 Å². The standard InChI is InChI=1S/C14H22N2/c1-2-16-10-4-3-5-14(16)13-8-6-12(11-15)7-9-13/h6-9,14H,2-5,10-11,15H2,1H3. The average molecular weight is 218 g/mol. The molecule has 0 spiro atoms. The van der Waals surface area contributed by atoms with Gasteiger partial charge in [0.15, 0.2) is 0 Å². The molecule has 0 aliphatic carbocycles. The van der Waals surface area contributed by atoms with Crippen LogP contribution in [0.1, 0.15) is 43.4 Å². The topological polar surface area (TPSA) is 29.3 Å². The monoisotopic (exact) mass is 218 g/mol. The maximum absolute atomic E-state index is 5.62. The quantitative estimate of drug-likeness (QED) is 0.845. The molecule has 1 aromatic carbocycles. The van der Waals surface area contributed by atoms with Gasteiger partial charge >= 0.3 is 0 Å². The van der Waals surface area contributed by atoms with E-state index in [9.17, 15) is 0 Å². The highest BCUT2D eigenvalue weighted by atomic mass is 15.2. The minimum atomic E-state index is 0.630. The molecule has 1 atom stereocenters. The summed E-state index contributed by atoms with van der Waals surface area (Å²) in [6.07, 6.45) is 4.01. The Labute approximate surface area is 98.4 Å². The molecule has 2 nitrogen and oxygen atoms in total. The third kappa shape index (κ3) is 2.45. The molecule has 1 fully saturated rings. The first kappa shape index (κ1) is 11.6. The second-order valence-corrected chi connectivity index (χ2v) is 4.59. The molecule has 1 aliphatic rings. The van der Waals surface area contributed by atoms with Gasteiger partial charge in [0.25, 0.3) is 0 Å². The lowest BCUT2D eigenvalue weighted by atomic mass is 9.94. The Hall–Kier alpha value is -0.860. The van der Waals surface area contributed by atoms with Crippen LogP contribution < -0.4 is 5.73 Å². The zero-order chi connectivity index (χ0) is 11.4. The maximum atomic E-state index is 5.62. The summed E-state index contributed by atoms with van der Waals surface area (Å²) in [7, 11) is 0. The van der Waals surface area contributed by atoms with Crippen LogP contribution in [0.4, 0.5) is 0 Å². The van der Waals surface area contributed by atoms with Gasteiger partial charge in [-0.3, -0.25) is 4.90 Å². The van der Waals surface area contributed by atoms with Gasteiger partial charge < -0.3 is 5.73 Å². The van der Waals surface area contributed by atoms with Gasteiger partial charge in [0.1, 0.15) is 0 Å². The van der Waals surface area contributed by atoms with E-state index in [1.807, 2.05) is 0 Å². The number of likely N-dealkylation sites (tertiary alicyclic amines) is 1. The van der Waals surface area contributed by atoms with Crippen molar-refractivity contribution in [2.45, 2.75) is 38.8 Å². The smallest absolute Gasteiger partial charge is 0.0348 e.